The molecule has 1 fully saturated rings. The van der Waals surface area contributed by atoms with Gasteiger partial charge in [-0.2, -0.15) is 12.6 Å². The van der Waals surface area contributed by atoms with E-state index in [2.05, 4.69) is 24.5 Å². The molecule has 1 aliphatic rings. The number of nitrogens with two attached hydrogens (primary N) is 1. The molecule has 2 atom stereocenters. The Balaban J connectivity index is 2.11. The highest BCUT2D eigenvalue weighted by Gasteiger charge is 2.37. The van der Waals surface area contributed by atoms with Crippen molar-refractivity contribution in [1.29, 1.82) is 0 Å². The monoisotopic (exact) mass is 413 g/mol. The third-order valence-corrected chi connectivity index (χ3v) is 4.46. The molecule has 0 bridgehead atoms. The van der Waals surface area contributed by atoms with Crippen molar-refractivity contribution in [3.63, 3.8) is 0 Å². The van der Waals surface area contributed by atoms with E-state index in [0.29, 0.717) is 13.0 Å². The van der Waals surface area contributed by atoms with E-state index in [1.807, 2.05) is 0 Å². The Hall–Kier alpha value is -2.04. The van der Waals surface area contributed by atoms with Crippen LogP contribution in [0.3, 0.4) is 0 Å². The molecule has 0 saturated carbocycles. The predicted octanol–water partition coefficient (Wildman–Crippen LogP) is -0.612. The Kier molecular flexibility index (Phi) is 10.6. The van der Waals surface area contributed by atoms with Gasteiger partial charge in [0.15, 0.2) is 11.6 Å². The maximum absolute atomic E-state index is 11.9. The average molecular weight is 413 g/mol. The van der Waals surface area contributed by atoms with Gasteiger partial charge in [0, 0.05) is 32.4 Å². The Morgan fingerprint density at radius 3 is 2.64 bits per heavy atom. The van der Waals surface area contributed by atoms with E-state index in [9.17, 15) is 24.0 Å². The minimum atomic E-state index is -0.769. The van der Waals surface area contributed by atoms with Crippen LogP contribution in [0.15, 0.2) is 12.7 Å². The molecular weight excluding hydrogens is 386 g/mol. The van der Waals surface area contributed by atoms with Gasteiger partial charge in [0.2, 0.25) is 17.7 Å². The molecule has 1 rings (SSSR count). The van der Waals surface area contributed by atoms with Gasteiger partial charge in [-0.05, 0) is 12.8 Å². The molecule has 3 amide bonds. The van der Waals surface area contributed by atoms with Crippen LogP contribution in [-0.4, -0.2) is 71.8 Å². The SMILES string of the molecule is C=CCNC(=O)C(N)CCC(=O)COCCCC(=O)CN1C(=O)CC(S)C1=O. The van der Waals surface area contributed by atoms with E-state index in [4.69, 9.17) is 10.5 Å². The first-order valence-electron chi connectivity index (χ1n) is 9.03. The summed E-state index contributed by atoms with van der Waals surface area (Å²) in [6.07, 6.45) is 2.39. The minimum Gasteiger partial charge on any atom is -0.374 e. The van der Waals surface area contributed by atoms with Gasteiger partial charge >= 0.3 is 0 Å². The summed E-state index contributed by atoms with van der Waals surface area (Å²) in [5.41, 5.74) is 5.68. The van der Waals surface area contributed by atoms with Crippen LogP contribution in [0.5, 0.6) is 0 Å². The number of hydrogen-bond donors (Lipinski definition) is 3. The first-order chi connectivity index (χ1) is 13.3. The second kappa shape index (κ2) is 12.4. The fourth-order valence-electron chi connectivity index (χ4n) is 2.47. The lowest BCUT2D eigenvalue weighted by Gasteiger charge is -2.13. The maximum atomic E-state index is 11.9. The Morgan fingerprint density at radius 2 is 2.04 bits per heavy atom. The predicted molar refractivity (Wildman–Crippen MR) is 105 cm³/mol. The van der Waals surface area contributed by atoms with E-state index in [0.717, 1.165) is 4.90 Å². The van der Waals surface area contributed by atoms with Crippen molar-refractivity contribution in [2.24, 2.45) is 5.73 Å². The van der Waals surface area contributed by atoms with E-state index >= 15 is 0 Å². The summed E-state index contributed by atoms with van der Waals surface area (Å²) in [6.45, 7) is 3.61. The lowest BCUT2D eigenvalue weighted by atomic mass is 10.1. The molecule has 0 spiro atoms. The highest BCUT2D eigenvalue weighted by molar-refractivity contribution is 7.81. The van der Waals surface area contributed by atoms with Crippen molar-refractivity contribution in [1.82, 2.24) is 10.2 Å². The number of carbonyl (C=O) groups excluding carboxylic acids is 5. The van der Waals surface area contributed by atoms with Crippen LogP contribution in [0.2, 0.25) is 0 Å². The van der Waals surface area contributed by atoms with Gasteiger partial charge in [-0.25, -0.2) is 0 Å². The minimum absolute atomic E-state index is 0.0139. The van der Waals surface area contributed by atoms with Crippen LogP contribution in [0.4, 0.5) is 0 Å². The zero-order chi connectivity index (χ0) is 21.1. The van der Waals surface area contributed by atoms with Crippen LogP contribution in [0.1, 0.15) is 32.1 Å². The molecule has 0 aromatic carbocycles. The molecule has 3 N–H and O–H groups in total. The first kappa shape index (κ1) is 24.0. The molecule has 28 heavy (non-hydrogen) atoms. The number of likely N-dealkylation sites (tertiary alicyclic amines) is 1. The topological polar surface area (TPSA) is 136 Å². The van der Waals surface area contributed by atoms with Crippen LogP contribution < -0.4 is 11.1 Å². The summed E-state index contributed by atoms with van der Waals surface area (Å²) < 4.78 is 5.22. The largest absolute Gasteiger partial charge is 0.374 e. The molecule has 10 heteroatoms. The number of nitrogens with one attached hydrogen (secondary N) is 1. The van der Waals surface area contributed by atoms with Gasteiger partial charge in [0.25, 0.3) is 0 Å². The molecular formula is C18H27N3O6S. The molecule has 0 radical (unpaired) electrons. The molecule has 0 aliphatic carbocycles. The molecule has 1 aliphatic heterocycles. The van der Waals surface area contributed by atoms with Crippen molar-refractivity contribution in [3.05, 3.63) is 12.7 Å². The highest BCUT2D eigenvalue weighted by atomic mass is 32.1. The standard InChI is InChI=1S/C18H27N3O6S/c1-2-7-20-17(25)14(19)6-5-13(23)11-27-8-3-4-12(22)10-21-16(24)9-15(28)18(21)26/h2,14-15,28H,1,3-11,19H2,(H,20,25). The molecule has 0 aromatic rings. The number of thiol groups is 1. The lowest BCUT2D eigenvalue weighted by molar-refractivity contribution is -0.141. The summed E-state index contributed by atoms with van der Waals surface area (Å²) in [5.74, 6) is -1.62. The van der Waals surface area contributed by atoms with Crippen LogP contribution in [0, 0.1) is 0 Å². The Labute approximate surface area is 169 Å². The Morgan fingerprint density at radius 1 is 1.32 bits per heavy atom. The normalized spacial score (nSPS) is 17.5. The van der Waals surface area contributed by atoms with Gasteiger partial charge in [-0.3, -0.25) is 28.9 Å². The summed E-state index contributed by atoms with van der Waals surface area (Å²) in [6, 6.07) is -0.769. The quantitative estimate of drug-likeness (QED) is 0.150. The second-order valence-corrected chi connectivity index (χ2v) is 7.07. The van der Waals surface area contributed by atoms with E-state index in [1.54, 1.807) is 0 Å². The van der Waals surface area contributed by atoms with Crippen molar-refractivity contribution in [2.45, 2.75) is 43.4 Å². The van der Waals surface area contributed by atoms with Crippen molar-refractivity contribution in [3.8, 4) is 0 Å². The van der Waals surface area contributed by atoms with E-state index in [-0.39, 0.29) is 62.9 Å². The van der Waals surface area contributed by atoms with Gasteiger partial charge in [-0.15, -0.1) is 6.58 Å². The summed E-state index contributed by atoms with van der Waals surface area (Å²) in [5, 5.41) is 1.88. The zero-order valence-electron chi connectivity index (χ0n) is 15.7. The molecule has 1 heterocycles. The number of ketones is 2. The molecule has 1 saturated heterocycles. The number of nitrogens with zero attached hydrogens (tertiary/aromatic N) is 1. The number of imide groups is 1. The average Bonchev–Trinajstić information content (AvgIpc) is 2.89. The number of amides is 3. The summed E-state index contributed by atoms with van der Waals surface area (Å²) in [4.78, 5) is 59.3. The van der Waals surface area contributed by atoms with Gasteiger partial charge in [0.05, 0.1) is 17.8 Å². The van der Waals surface area contributed by atoms with E-state index < -0.39 is 23.1 Å². The van der Waals surface area contributed by atoms with Crippen molar-refractivity contribution < 1.29 is 28.7 Å². The highest BCUT2D eigenvalue weighted by Crippen LogP contribution is 2.17. The van der Waals surface area contributed by atoms with Crippen LogP contribution in [-0.2, 0) is 28.7 Å². The second-order valence-electron chi connectivity index (χ2n) is 6.45. The lowest BCUT2D eigenvalue weighted by Crippen LogP contribution is -2.40. The van der Waals surface area contributed by atoms with Crippen LogP contribution in [0.25, 0.3) is 0 Å². The zero-order valence-corrected chi connectivity index (χ0v) is 16.6. The van der Waals surface area contributed by atoms with Crippen LogP contribution >= 0.6 is 12.6 Å². The molecule has 0 aromatic heterocycles. The third-order valence-electron chi connectivity index (χ3n) is 4.05. The van der Waals surface area contributed by atoms with Crippen molar-refractivity contribution in [2.75, 3.05) is 26.3 Å². The van der Waals surface area contributed by atoms with Crippen molar-refractivity contribution >= 4 is 41.9 Å². The molecule has 2 unspecified atom stereocenters. The summed E-state index contributed by atoms with van der Waals surface area (Å²) >= 11 is 3.99. The van der Waals surface area contributed by atoms with Gasteiger partial charge in [-0.1, -0.05) is 6.08 Å². The first-order valence-corrected chi connectivity index (χ1v) is 9.55. The number of ether oxygens (including phenoxy) is 1. The smallest absolute Gasteiger partial charge is 0.242 e. The van der Waals surface area contributed by atoms with Gasteiger partial charge < -0.3 is 15.8 Å². The Bertz CT molecular complexity index is 624. The maximum Gasteiger partial charge on any atom is 0.242 e. The fraction of sp³-hybridized carbons (Fsp3) is 0.611. The summed E-state index contributed by atoms with van der Waals surface area (Å²) in [7, 11) is 0. The molecule has 9 nitrogen and oxygen atoms in total. The fourth-order valence-corrected chi connectivity index (χ4v) is 2.76. The number of Topliss-reactive ketones (excluding diaryl/α,β-unsaturated/α-hetero) is 2. The van der Waals surface area contributed by atoms with Gasteiger partial charge in [0.1, 0.15) is 6.61 Å². The number of hydrogen-bond acceptors (Lipinski definition) is 8. The third kappa shape index (κ3) is 8.32. The number of carbonyl (C=O) groups is 5. The number of rotatable bonds is 14. The van der Waals surface area contributed by atoms with E-state index in [1.165, 1.54) is 6.08 Å². The molecule has 156 valence electrons.